The number of carbonyl (C=O) groups excluding carboxylic acids is 1. The summed E-state index contributed by atoms with van der Waals surface area (Å²) in [6.07, 6.45) is 6.00. The van der Waals surface area contributed by atoms with Gasteiger partial charge in [-0.25, -0.2) is 4.79 Å². The van der Waals surface area contributed by atoms with Crippen LogP contribution in [-0.2, 0) is 9.47 Å². The molecule has 0 amide bonds. The van der Waals surface area contributed by atoms with Gasteiger partial charge in [-0.2, -0.15) is 0 Å². The fourth-order valence-electron chi connectivity index (χ4n) is 2.57. The predicted octanol–water partition coefficient (Wildman–Crippen LogP) is 2.74. The Hall–Kier alpha value is -0.730. The summed E-state index contributed by atoms with van der Waals surface area (Å²) in [5.74, 6) is 0.671. The molecule has 0 atom stereocenters. The number of hydrogen-bond donors (Lipinski definition) is 0. The van der Waals surface area contributed by atoms with E-state index in [2.05, 4.69) is 6.92 Å². The average molecular weight is 198 g/mol. The minimum Gasteiger partial charge on any atom is -0.434 e. The first-order chi connectivity index (χ1) is 6.71. The molecule has 0 aromatic carbocycles. The van der Waals surface area contributed by atoms with Crippen LogP contribution in [-0.4, -0.2) is 19.4 Å². The van der Waals surface area contributed by atoms with E-state index in [1.165, 1.54) is 32.1 Å². The molecule has 3 nitrogen and oxygen atoms in total. The maximum absolute atomic E-state index is 10.8. The van der Waals surface area contributed by atoms with Gasteiger partial charge in [0.05, 0.1) is 0 Å². The van der Waals surface area contributed by atoms with Crippen molar-refractivity contribution in [1.29, 1.82) is 0 Å². The first-order valence-corrected chi connectivity index (χ1v) is 5.50. The Morgan fingerprint density at radius 1 is 1.14 bits per heavy atom. The topological polar surface area (TPSA) is 35.5 Å². The third-order valence-electron chi connectivity index (χ3n) is 3.63. The summed E-state index contributed by atoms with van der Waals surface area (Å²) < 4.78 is 9.97. The molecule has 2 rings (SSSR count). The molecule has 0 N–H and O–H groups in total. The van der Waals surface area contributed by atoms with Gasteiger partial charge in [-0.15, -0.1) is 0 Å². The van der Waals surface area contributed by atoms with Gasteiger partial charge in [0.15, 0.2) is 0 Å². The lowest BCUT2D eigenvalue weighted by Gasteiger charge is -2.40. The van der Waals surface area contributed by atoms with Crippen molar-refractivity contribution >= 4 is 6.16 Å². The van der Waals surface area contributed by atoms with Crippen LogP contribution in [0.15, 0.2) is 0 Å². The highest BCUT2D eigenvalue weighted by molar-refractivity contribution is 5.60. The minimum absolute atomic E-state index is 0.0638. The molecule has 1 heterocycles. The normalized spacial score (nSPS) is 27.9. The van der Waals surface area contributed by atoms with Crippen molar-refractivity contribution in [1.82, 2.24) is 0 Å². The molecule has 0 aromatic rings. The highest BCUT2D eigenvalue weighted by atomic mass is 16.7. The van der Waals surface area contributed by atoms with E-state index in [-0.39, 0.29) is 5.41 Å². The van der Waals surface area contributed by atoms with Gasteiger partial charge >= 0.3 is 6.16 Å². The van der Waals surface area contributed by atoms with Crippen molar-refractivity contribution in [2.45, 2.75) is 39.0 Å². The lowest BCUT2D eigenvalue weighted by molar-refractivity contribution is -0.0828. The molecule has 3 heteroatoms. The third kappa shape index (κ3) is 1.86. The molecule has 0 aromatic heterocycles. The summed E-state index contributed by atoms with van der Waals surface area (Å²) in [7, 11) is 0. The van der Waals surface area contributed by atoms with Crippen LogP contribution in [0.5, 0.6) is 0 Å². The van der Waals surface area contributed by atoms with Crippen molar-refractivity contribution in [2.24, 2.45) is 11.3 Å². The molecule has 0 unspecified atom stereocenters. The fraction of sp³-hybridized carbons (Fsp3) is 0.909. The molecule has 80 valence electrons. The molecule has 1 aliphatic heterocycles. The van der Waals surface area contributed by atoms with Crippen LogP contribution in [0.4, 0.5) is 4.79 Å². The van der Waals surface area contributed by atoms with E-state index in [1.807, 2.05) is 0 Å². The zero-order valence-corrected chi connectivity index (χ0v) is 8.75. The molecule has 2 aliphatic rings. The number of rotatable bonds is 1. The van der Waals surface area contributed by atoms with E-state index in [4.69, 9.17) is 9.47 Å². The Morgan fingerprint density at radius 3 is 2.29 bits per heavy atom. The van der Waals surface area contributed by atoms with Gasteiger partial charge in [0.2, 0.25) is 0 Å². The molecule has 1 aliphatic carbocycles. The first kappa shape index (κ1) is 9.81. The minimum atomic E-state index is -0.502. The summed E-state index contributed by atoms with van der Waals surface area (Å²) in [5, 5.41) is 0. The molecule has 0 radical (unpaired) electrons. The van der Waals surface area contributed by atoms with Crippen LogP contribution in [0.2, 0.25) is 0 Å². The first-order valence-electron chi connectivity index (χ1n) is 5.50. The fourth-order valence-corrected chi connectivity index (χ4v) is 2.57. The molecular weight excluding hydrogens is 180 g/mol. The van der Waals surface area contributed by atoms with Crippen LogP contribution < -0.4 is 0 Å². The van der Waals surface area contributed by atoms with Crippen molar-refractivity contribution in [3.05, 3.63) is 0 Å². The monoisotopic (exact) mass is 198 g/mol. The number of ether oxygens (including phenoxy) is 2. The molecule has 2 fully saturated rings. The Morgan fingerprint density at radius 2 is 1.71 bits per heavy atom. The second-order valence-electron chi connectivity index (χ2n) is 4.82. The Balaban J connectivity index is 1.96. The smallest absolute Gasteiger partial charge is 0.434 e. The van der Waals surface area contributed by atoms with Crippen molar-refractivity contribution in [3.8, 4) is 0 Å². The largest absolute Gasteiger partial charge is 0.508 e. The summed E-state index contributed by atoms with van der Waals surface area (Å²) >= 11 is 0. The Labute approximate surface area is 84.8 Å². The summed E-state index contributed by atoms with van der Waals surface area (Å²) in [5.41, 5.74) is 0.0638. The standard InChI is InChI=1S/C11H18O3/c1-11(7-13-10(12)14-8-11)9-5-3-2-4-6-9/h9H,2-8H2,1H3. The van der Waals surface area contributed by atoms with Gasteiger partial charge in [-0.05, 0) is 18.8 Å². The van der Waals surface area contributed by atoms with Crippen LogP contribution in [0, 0.1) is 11.3 Å². The lowest BCUT2D eigenvalue weighted by atomic mass is 9.70. The molecular formula is C11H18O3. The molecule has 0 bridgehead atoms. The Kier molecular flexibility index (Phi) is 2.66. The number of cyclic esters (lactones) is 2. The van der Waals surface area contributed by atoms with Crippen molar-refractivity contribution in [2.75, 3.05) is 13.2 Å². The Bertz CT molecular complexity index is 209. The third-order valence-corrected chi connectivity index (χ3v) is 3.63. The maximum atomic E-state index is 10.8. The molecule has 14 heavy (non-hydrogen) atoms. The second-order valence-corrected chi connectivity index (χ2v) is 4.82. The zero-order chi connectivity index (χ0) is 10.0. The molecule has 0 spiro atoms. The van der Waals surface area contributed by atoms with Crippen LogP contribution in [0.3, 0.4) is 0 Å². The zero-order valence-electron chi connectivity index (χ0n) is 8.75. The average Bonchev–Trinajstić information content (AvgIpc) is 2.24. The van der Waals surface area contributed by atoms with Crippen molar-refractivity contribution in [3.63, 3.8) is 0 Å². The quantitative estimate of drug-likeness (QED) is 0.608. The van der Waals surface area contributed by atoms with Crippen LogP contribution in [0.1, 0.15) is 39.0 Å². The van der Waals surface area contributed by atoms with Gasteiger partial charge in [0.1, 0.15) is 13.2 Å². The van der Waals surface area contributed by atoms with E-state index < -0.39 is 6.16 Å². The lowest BCUT2D eigenvalue weighted by Crippen LogP contribution is -2.43. The van der Waals surface area contributed by atoms with Gasteiger partial charge in [-0.1, -0.05) is 26.2 Å². The second kappa shape index (κ2) is 3.79. The summed E-state index contributed by atoms with van der Waals surface area (Å²) in [6.45, 7) is 3.25. The van der Waals surface area contributed by atoms with E-state index in [0.29, 0.717) is 19.1 Å². The van der Waals surface area contributed by atoms with Gasteiger partial charge in [0.25, 0.3) is 0 Å². The summed E-state index contributed by atoms with van der Waals surface area (Å²) in [6, 6.07) is 0. The van der Waals surface area contributed by atoms with E-state index in [1.54, 1.807) is 0 Å². The van der Waals surface area contributed by atoms with Gasteiger partial charge in [-0.3, -0.25) is 0 Å². The molecule has 1 saturated heterocycles. The van der Waals surface area contributed by atoms with E-state index in [0.717, 1.165) is 0 Å². The van der Waals surface area contributed by atoms with E-state index in [9.17, 15) is 4.79 Å². The molecule has 1 saturated carbocycles. The maximum Gasteiger partial charge on any atom is 0.508 e. The van der Waals surface area contributed by atoms with Gasteiger partial charge in [0, 0.05) is 5.41 Å². The van der Waals surface area contributed by atoms with Crippen molar-refractivity contribution < 1.29 is 14.3 Å². The number of hydrogen-bond acceptors (Lipinski definition) is 3. The number of carbonyl (C=O) groups is 1. The van der Waals surface area contributed by atoms with Crippen LogP contribution >= 0.6 is 0 Å². The van der Waals surface area contributed by atoms with E-state index >= 15 is 0 Å². The summed E-state index contributed by atoms with van der Waals surface area (Å²) in [4.78, 5) is 10.8. The van der Waals surface area contributed by atoms with Gasteiger partial charge < -0.3 is 9.47 Å². The predicted molar refractivity (Wildman–Crippen MR) is 52.0 cm³/mol. The highest BCUT2D eigenvalue weighted by Gasteiger charge is 2.40. The van der Waals surface area contributed by atoms with Crippen LogP contribution in [0.25, 0.3) is 0 Å². The SMILES string of the molecule is CC1(C2CCCCC2)COC(=O)OC1. The highest BCUT2D eigenvalue weighted by Crippen LogP contribution is 2.40.